The Labute approximate surface area is 128 Å². The third-order valence-electron chi connectivity index (χ3n) is 4.02. The van der Waals surface area contributed by atoms with Crippen LogP contribution in [0.4, 0.5) is 13.2 Å². The maximum Gasteiger partial charge on any atom is 0.405 e. The van der Waals surface area contributed by atoms with Crippen LogP contribution in [0.3, 0.4) is 0 Å². The maximum absolute atomic E-state index is 12.1. The Morgan fingerprint density at radius 3 is 2.50 bits per heavy atom. The smallest absolute Gasteiger partial charge is 0.346 e. The quantitative estimate of drug-likeness (QED) is 0.801. The summed E-state index contributed by atoms with van der Waals surface area (Å²) in [6.07, 6.45) is -2.89. The average molecular weight is 323 g/mol. The number of halogens is 3. The second-order valence-electron chi connectivity index (χ2n) is 5.75. The molecule has 1 aliphatic heterocycles. The van der Waals surface area contributed by atoms with Crippen molar-refractivity contribution in [3.05, 3.63) is 0 Å². The van der Waals surface area contributed by atoms with Crippen molar-refractivity contribution in [1.82, 2.24) is 15.5 Å². The summed E-state index contributed by atoms with van der Waals surface area (Å²) < 4.78 is 36.3. The number of carbonyl (C=O) groups excluding carboxylic acids is 2. The molecular weight excluding hydrogens is 299 g/mol. The number of nitrogens with zero attached hydrogens (tertiary/aromatic N) is 1. The Bertz CT molecular complexity index is 401. The number of rotatable bonds is 5. The topological polar surface area (TPSA) is 61.4 Å². The van der Waals surface area contributed by atoms with E-state index in [0.29, 0.717) is 19.5 Å². The highest BCUT2D eigenvalue weighted by atomic mass is 19.4. The largest absolute Gasteiger partial charge is 0.405 e. The van der Waals surface area contributed by atoms with Gasteiger partial charge in [0, 0.05) is 26.1 Å². The normalized spacial score (nSPS) is 24.0. The lowest BCUT2D eigenvalue weighted by Crippen LogP contribution is -2.55. The highest BCUT2D eigenvalue weighted by Crippen LogP contribution is 2.21. The van der Waals surface area contributed by atoms with Crippen LogP contribution in [-0.4, -0.2) is 54.6 Å². The van der Waals surface area contributed by atoms with Gasteiger partial charge in [0.1, 0.15) is 6.54 Å². The van der Waals surface area contributed by atoms with Crippen molar-refractivity contribution in [3.63, 3.8) is 0 Å². The molecule has 2 amide bonds. The van der Waals surface area contributed by atoms with E-state index in [0.717, 1.165) is 6.42 Å². The molecule has 1 rings (SSSR count). The molecule has 0 saturated carbocycles. The van der Waals surface area contributed by atoms with E-state index in [1.54, 1.807) is 11.8 Å². The molecule has 0 aromatic carbocycles. The van der Waals surface area contributed by atoms with Crippen LogP contribution in [0.1, 0.15) is 33.6 Å². The van der Waals surface area contributed by atoms with Crippen molar-refractivity contribution in [2.75, 3.05) is 19.6 Å². The molecule has 0 aromatic heterocycles. The molecule has 8 heteroatoms. The van der Waals surface area contributed by atoms with Gasteiger partial charge in [0.2, 0.25) is 11.8 Å². The van der Waals surface area contributed by atoms with Crippen molar-refractivity contribution in [2.24, 2.45) is 5.92 Å². The van der Waals surface area contributed by atoms with Crippen LogP contribution in [0, 0.1) is 5.92 Å². The summed E-state index contributed by atoms with van der Waals surface area (Å²) >= 11 is 0. The molecule has 22 heavy (non-hydrogen) atoms. The van der Waals surface area contributed by atoms with Gasteiger partial charge in [-0.3, -0.25) is 9.59 Å². The second kappa shape index (κ2) is 7.80. The van der Waals surface area contributed by atoms with Crippen molar-refractivity contribution in [1.29, 1.82) is 0 Å². The number of carbonyl (C=O) groups is 2. The molecule has 0 aromatic rings. The standard InChI is InChI=1S/C14H24F3N3O2/c1-4-11-7-20(10(3)21)6-5-12(11)19-9(2)13(22)18-8-14(15,16)17/h9,11-12,19H,4-8H2,1-3H3,(H,18,22)/t9-,11-,12+/m1/s1. The van der Waals surface area contributed by atoms with Gasteiger partial charge in [-0.05, 0) is 19.3 Å². The molecule has 1 aliphatic rings. The monoisotopic (exact) mass is 323 g/mol. The molecule has 1 heterocycles. The van der Waals surface area contributed by atoms with Gasteiger partial charge in [-0.1, -0.05) is 13.3 Å². The van der Waals surface area contributed by atoms with Crippen LogP contribution in [0.5, 0.6) is 0 Å². The zero-order chi connectivity index (χ0) is 16.9. The molecule has 0 radical (unpaired) electrons. The minimum atomic E-state index is -4.41. The summed E-state index contributed by atoms with van der Waals surface area (Å²) in [5, 5.41) is 4.98. The third-order valence-corrected chi connectivity index (χ3v) is 4.02. The third kappa shape index (κ3) is 5.82. The summed E-state index contributed by atoms with van der Waals surface area (Å²) in [6, 6.07) is -0.683. The first-order valence-corrected chi connectivity index (χ1v) is 7.50. The lowest BCUT2D eigenvalue weighted by molar-refractivity contribution is -0.139. The SMILES string of the molecule is CC[C@@H]1CN(C(C)=O)CC[C@@H]1N[C@H](C)C(=O)NCC(F)(F)F. The van der Waals surface area contributed by atoms with Gasteiger partial charge < -0.3 is 15.5 Å². The summed E-state index contributed by atoms with van der Waals surface area (Å²) in [5.41, 5.74) is 0. The first-order chi connectivity index (χ1) is 10.1. The fraction of sp³-hybridized carbons (Fsp3) is 0.857. The number of amides is 2. The number of alkyl halides is 3. The number of hydrogen-bond donors (Lipinski definition) is 2. The minimum Gasteiger partial charge on any atom is -0.346 e. The van der Waals surface area contributed by atoms with Crippen molar-refractivity contribution in [3.8, 4) is 0 Å². The number of nitrogens with one attached hydrogen (secondary N) is 2. The van der Waals surface area contributed by atoms with Crippen LogP contribution in [0.2, 0.25) is 0 Å². The Morgan fingerprint density at radius 2 is 2.00 bits per heavy atom. The first-order valence-electron chi connectivity index (χ1n) is 7.50. The molecule has 3 atom stereocenters. The van der Waals surface area contributed by atoms with E-state index in [4.69, 9.17) is 0 Å². The van der Waals surface area contributed by atoms with Gasteiger partial charge in [-0.25, -0.2) is 0 Å². The van der Waals surface area contributed by atoms with Gasteiger partial charge in [-0.15, -0.1) is 0 Å². The van der Waals surface area contributed by atoms with Crippen molar-refractivity contribution < 1.29 is 22.8 Å². The van der Waals surface area contributed by atoms with E-state index >= 15 is 0 Å². The van der Waals surface area contributed by atoms with Crippen LogP contribution in [0.15, 0.2) is 0 Å². The molecular formula is C14H24F3N3O2. The lowest BCUT2D eigenvalue weighted by atomic mass is 9.89. The van der Waals surface area contributed by atoms with Crippen molar-refractivity contribution >= 4 is 11.8 Å². The Morgan fingerprint density at radius 1 is 1.36 bits per heavy atom. The maximum atomic E-state index is 12.1. The average Bonchev–Trinajstić information content (AvgIpc) is 2.43. The molecule has 5 nitrogen and oxygen atoms in total. The minimum absolute atomic E-state index is 0.0206. The van der Waals surface area contributed by atoms with Crippen LogP contribution < -0.4 is 10.6 Å². The highest BCUT2D eigenvalue weighted by Gasteiger charge is 2.32. The van der Waals surface area contributed by atoms with Gasteiger partial charge in [0.15, 0.2) is 0 Å². The van der Waals surface area contributed by atoms with E-state index in [-0.39, 0.29) is 17.9 Å². The number of piperidine rings is 1. The van der Waals surface area contributed by atoms with Crippen LogP contribution in [-0.2, 0) is 9.59 Å². The lowest BCUT2D eigenvalue weighted by Gasteiger charge is -2.39. The molecule has 0 aliphatic carbocycles. The fourth-order valence-corrected chi connectivity index (χ4v) is 2.69. The molecule has 0 bridgehead atoms. The van der Waals surface area contributed by atoms with E-state index in [1.165, 1.54) is 6.92 Å². The van der Waals surface area contributed by atoms with E-state index in [1.807, 2.05) is 12.2 Å². The number of hydrogen-bond acceptors (Lipinski definition) is 3. The molecule has 128 valence electrons. The predicted octanol–water partition coefficient (Wildman–Crippen LogP) is 1.29. The van der Waals surface area contributed by atoms with Gasteiger partial charge in [0.25, 0.3) is 0 Å². The Hall–Kier alpha value is -1.31. The molecule has 1 fully saturated rings. The van der Waals surface area contributed by atoms with Crippen LogP contribution in [0.25, 0.3) is 0 Å². The van der Waals surface area contributed by atoms with E-state index < -0.39 is 24.7 Å². The molecule has 2 N–H and O–H groups in total. The van der Waals surface area contributed by atoms with Crippen molar-refractivity contribution in [2.45, 2.75) is 51.9 Å². The second-order valence-corrected chi connectivity index (χ2v) is 5.75. The summed E-state index contributed by atoms with van der Waals surface area (Å²) in [5.74, 6) is -0.454. The summed E-state index contributed by atoms with van der Waals surface area (Å²) in [6.45, 7) is 4.96. The van der Waals surface area contributed by atoms with Crippen LogP contribution >= 0.6 is 0 Å². The fourth-order valence-electron chi connectivity index (χ4n) is 2.69. The zero-order valence-electron chi connectivity index (χ0n) is 13.2. The van der Waals surface area contributed by atoms with Gasteiger partial charge >= 0.3 is 6.18 Å². The zero-order valence-corrected chi connectivity index (χ0v) is 13.2. The Balaban J connectivity index is 2.50. The molecule has 0 spiro atoms. The Kier molecular flexibility index (Phi) is 6.65. The first kappa shape index (κ1) is 18.7. The number of likely N-dealkylation sites (tertiary alicyclic amines) is 1. The highest BCUT2D eigenvalue weighted by molar-refractivity contribution is 5.81. The predicted molar refractivity (Wildman–Crippen MR) is 76.1 cm³/mol. The van der Waals surface area contributed by atoms with E-state index in [9.17, 15) is 22.8 Å². The van der Waals surface area contributed by atoms with E-state index in [2.05, 4.69) is 5.32 Å². The summed E-state index contributed by atoms with van der Waals surface area (Å²) in [4.78, 5) is 24.9. The summed E-state index contributed by atoms with van der Waals surface area (Å²) in [7, 11) is 0. The molecule has 0 unspecified atom stereocenters. The molecule has 1 saturated heterocycles. The van der Waals surface area contributed by atoms with Gasteiger partial charge in [0.05, 0.1) is 6.04 Å². The van der Waals surface area contributed by atoms with Gasteiger partial charge in [-0.2, -0.15) is 13.2 Å².